The zero-order valence-corrected chi connectivity index (χ0v) is 21.5. The summed E-state index contributed by atoms with van der Waals surface area (Å²) in [6.07, 6.45) is 1.02. The van der Waals surface area contributed by atoms with E-state index in [2.05, 4.69) is 27.0 Å². The Morgan fingerprint density at radius 3 is 2.56 bits per heavy atom. The van der Waals surface area contributed by atoms with Gasteiger partial charge in [0.05, 0.1) is 18.7 Å². The molecule has 0 saturated carbocycles. The number of methoxy groups -OCH3 is 1. The Morgan fingerprint density at radius 2 is 2.00 bits per heavy atom. The van der Waals surface area contributed by atoms with Gasteiger partial charge in [0, 0.05) is 16.8 Å². The predicted molar refractivity (Wildman–Crippen MR) is 133 cm³/mol. The summed E-state index contributed by atoms with van der Waals surface area (Å²) in [6.45, 7) is 9.59. The highest BCUT2D eigenvalue weighted by Gasteiger charge is 2.39. The third-order valence-electron chi connectivity index (χ3n) is 6.19. The quantitative estimate of drug-likeness (QED) is 0.442. The van der Waals surface area contributed by atoms with Crippen molar-refractivity contribution in [3.8, 4) is 11.8 Å². The molecule has 36 heavy (non-hydrogen) atoms. The number of carbonyl (C=O) groups is 3. The van der Waals surface area contributed by atoms with Gasteiger partial charge in [-0.1, -0.05) is 20.8 Å². The summed E-state index contributed by atoms with van der Waals surface area (Å²) in [5.41, 5.74) is -0.501. The second-order valence-corrected chi connectivity index (χ2v) is 11.2. The highest BCUT2D eigenvalue weighted by Crippen LogP contribution is 2.29. The highest BCUT2D eigenvalue weighted by atomic mass is 19.1. The number of halogens is 1. The van der Waals surface area contributed by atoms with Crippen molar-refractivity contribution in [1.82, 2.24) is 20.9 Å². The van der Waals surface area contributed by atoms with Gasteiger partial charge in [-0.15, -0.1) is 0 Å². The van der Waals surface area contributed by atoms with E-state index in [-0.39, 0.29) is 40.9 Å². The number of nitriles is 1. The lowest BCUT2D eigenvalue weighted by Crippen LogP contribution is -2.51. The molecule has 1 aromatic carbocycles. The van der Waals surface area contributed by atoms with Gasteiger partial charge in [-0.05, 0) is 56.7 Å². The molecule has 3 unspecified atom stereocenters. The number of H-pyrrole nitrogens is 1. The van der Waals surface area contributed by atoms with Crippen LogP contribution >= 0.6 is 0 Å². The Bertz CT molecular complexity index is 1210. The van der Waals surface area contributed by atoms with Crippen LogP contribution in [-0.2, 0) is 9.59 Å². The molecule has 0 spiro atoms. The van der Waals surface area contributed by atoms with Crippen molar-refractivity contribution in [2.45, 2.75) is 71.5 Å². The van der Waals surface area contributed by atoms with E-state index >= 15 is 0 Å². The standard InChI is InChI=1S/C26H34FN5O4/c1-25(2,3)12-19(24(35)29-15(13-28)9-14-11-26(4,5)32-22(14)33)31-23(34)18-10-16-20(36-6)8-7-17(27)21(16)30-18/h7-8,10,14-15,19,30H,9,11-12H2,1-6H3,(H,29,35)(H,31,34)(H,32,33). The molecular weight excluding hydrogens is 465 g/mol. The number of hydrogen-bond acceptors (Lipinski definition) is 5. The number of nitrogens with one attached hydrogen (secondary N) is 4. The van der Waals surface area contributed by atoms with Gasteiger partial charge in [0.25, 0.3) is 5.91 Å². The van der Waals surface area contributed by atoms with Crippen LogP contribution < -0.4 is 20.7 Å². The van der Waals surface area contributed by atoms with Crippen molar-refractivity contribution >= 4 is 28.6 Å². The third kappa shape index (κ3) is 6.33. The summed E-state index contributed by atoms with van der Waals surface area (Å²) >= 11 is 0. The molecule has 1 aliphatic heterocycles. The van der Waals surface area contributed by atoms with Gasteiger partial charge in [0.15, 0.2) is 0 Å². The van der Waals surface area contributed by atoms with Crippen molar-refractivity contribution in [1.29, 1.82) is 5.26 Å². The number of aromatic nitrogens is 1. The number of rotatable bonds is 8. The van der Waals surface area contributed by atoms with E-state index in [0.717, 1.165) is 0 Å². The molecule has 1 fully saturated rings. The molecule has 3 amide bonds. The van der Waals surface area contributed by atoms with Crippen LogP contribution in [0.25, 0.3) is 10.9 Å². The van der Waals surface area contributed by atoms with E-state index in [0.29, 0.717) is 17.6 Å². The summed E-state index contributed by atoms with van der Waals surface area (Å²) in [6, 6.07) is 4.38. The Kier molecular flexibility index (Phi) is 7.62. The molecule has 3 rings (SSSR count). The first-order valence-corrected chi connectivity index (χ1v) is 11.9. The highest BCUT2D eigenvalue weighted by molar-refractivity contribution is 6.01. The molecule has 4 N–H and O–H groups in total. The maximum absolute atomic E-state index is 14.3. The molecular formula is C26H34FN5O4. The van der Waals surface area contributed by atoms with Crippen LogP contribution in [0.15, 0.2) is 18.2 Å². The zero-order chi connectivity index (χ0) is 26.8. The van der Waals surface area contributed by atoms with E-state index in [1.807, 2.05) is 34.6 Å². The van der Waals surface area contributed by atoms with E-state index in [9.17, 15) is 24.0 Å². The fourth-order valence-corrected chi connectivity index (χ4v) is 4.60. The number of amides is 3. The minimum absolute atomic E-state index is 0.0711. The number of aromatic amines is 1. The molecule has 2 aromatic rings. The summed E-state index contributed by atoms with van der Waals surface area (Å²) in [7, 11) is 1.45. The van der Waals surface area contributed by atoms with Crippen LogP contribution in [0.5, 0.6) is 5.75 Å². The van der Waals surface area contributed by atoms with Crippen LogP contribution in [0.1, 0.15) is 64.4 Å². The first-order chi connectivity index (χ1) is 16.7. The Labute approximate surface area is 210 Å². The van der Waals surface area contributed by atoms with Crippen molar-refractivity contribution in [2.75, 3.05) is 7.11 Å². The molecule has 0 aliphatic carbocycles. The fourth-order valence-electron chi connectivity index (χ4n) is 4.60. The van der Waals surface area contributed by atoms with E-state index in [1.54, 1.807) is 0 Å². The molecule has 194 valence electrons. The molecule has 0 bridgehead atoms. The average molecular weight is 500 g/mol. The molecule has 0 radical (unpaired) electrons. The van der Waals surface area contributed by atoms with Gasteiger partial charge in [0.1, 0.15) is 29.3 Å². The number of benzene rings is 1. The number of carbonyl (C=O) groups excluding carboxylic acids is 3. The van der Waals surface area contributed by atoms with Gasteiger partial charge >= 0.3 is 0 Å². The number of hydrogen-bond donors (Lipinski definition) is 4. The molecule has 1 saturated heterocycles. The average Bonchev–Trinajstić information content (AvgIpc) is 3.33. The van der Waals surface area contributed by atoms with Crippen molar-refractivity contribution < 1.29 is 23.5 Å². The minimum Gasteiger partial charge on any atom is -0.496 e. The van der Waals surface area contributed by atoms with Crippen molar-refractivity contribution in [3.05, 3.63) is 29.7 Å². The summed E-state index contributed by atoms with van der Waals surface area (Å²) in [4.78, 5) is 41.3. The van der Waals surface area contributed by atoms with Gasteiger partial charge in [-0.3, -0.25) is 14.4 Å². The smallest absolute Gasteiger partial charge is 0.268 e. The van der Waals surface area contributed by atoms with Crippen LogP contribution in [0, 0.1) is 28.5 Å². The molecule has 2 heterocycles. The zero-order valence-electron chi connectivity index (χ0n) is 21.5. The Morgan fingerprint density at radius 1 is 1.31 bits per heavy atom. The van der Waals surface area contributed by atoms with Crippen LogP contribution in [0.3, 0.4) is 0 Å². The fraction of sp³-hybridized carbons (Fsp3) is 0.538. The molecule has 1 aromatic heterocycles. The second-order valence-electron chi connectivity index (χ2n) is 11.2. The summed E-state index contributed by atoms with van der Waals surface area (Å²) in [5, 5.41) is 18.3. The lowest BCUT2D eigenvalue weighted by atomic mass is 9.87. The molecule has 3 atom stereocenters. The van der Waals surface area contributed by atoms with Gasteiger partial charge in [-0.25, -0.2) is 4.39 Å². The van der Waals surface area contributed by atoms with E-state index < -0.39 is 35.6 Å². The van der Waals surface area contributed by atoms with Crippen molar-refractivity contribution in [3.63, 3.8) is 0 Å². The maximum Gasteiger partial charge on any atom is 0.268 e. The molecule has 1 aliphatic rings. The number of ether oxygens (including phenoxy) is 1. The minimum atomic E-state index is -0.958. The summed E-state index contributed by atoms with van der Waals surface area (Å²) < 4.78 is 19.5. The largest absolute Gasteiger partial charge is 0.496 e. The molecule has 9 nitrogen and oxygen atoms in total. The first kappa shape index (κ1) is 27.0. The van der Waals surface area contributed by atoms with Gasteiger partial charge < -0.3 is 25.7 Å². The van der Waals surface area contributed by atoms with Gasteiger partial charge in [0.2, 0.25) is 11.8 Å². The normalized spacial score (nSPS) is 18.7. The Balaban J connectivity index is 1.77. The predicted octanol–water partition coefficient (Wildman–Crippen LogP) is 3.16. The SMILES string of the molecule is COc1ccc(F)c2[nH]c(C(=O)NC(CC(C)(C)C)C(=O)NC(C#N)CC3CC(C)(C)NC3=O)cc12. The van der Waals surface area contributed by atoms with Crippen LogP contribution in [0.4, 0.5) is 4.39 Å². The van der Waals surface area contributed by atoms with E-state index in [4.69, 9.17) is 4.74 Å². The summed E-state index contributed by atoms with van der Waals surface area (Å²) in [5.74, 6) is -1.79. The maximum atomic E-state index is 14.3. The number of nitrogens with zero attached hydrogens (tertiary/aromatic N) is 1. The first-order valence-electron chi connectivity index (χ1n) is 11.9. The van der Waals surface area contributed by atoms with Crippen LogP contribution in [-0.4, -0.2) is 47.4 Å². The topological polar surface area (TPSA) is 136 Å². The lowest BCUT2D eigenvalue weighted by Gasteiger charge is -2.27. The van der Waals surface area contributed by atoms with Gasteiger partial charge in [-0.2, -0.15) is 5.26 Å². The Hall–Kier alpha value is -3.61. The van der Waals surface area contributed by atoms with E-state index in [1.165, 1.54) is 25.3 Å². The lowest BCUT2D eigenvalue weighted by molar-refractivity contribution is -0.125. The van der Waals surface area contributed by atoms with Crippen molar-refractivity contribution in [2.24, 2.45) is 11.3 Å². The monoisotopic (exact) mass is 499 g/mol. The van der Waals surface area contributed by atoms with Crippen LogP contribution in [0.2, 0.25) is 0 Å². The molecule has 10 heteroatoms. The number of fused-ring (bicyclic) bond motifs is 1. The third-order valence-corrected chi connectivity index (χ3v) is 6.19. The second kappa shape index (κ2) is 10.2.